The average molecular weight is 477 g/mol. The van der Waals surface area contributed by atoms with Crippen LogP contribution in [0.3, 0.4) is 0 Å². The number of hydrogen-bond acceptors (Lipinski definition) is 7. The summed E-state index contributed by atoms with van der Waals surface area (Å²) in [5, 5.41) is 16.6. The number of aromatic nitrogens is 2. The molecule has 0 saturated carbocycles. The van der Waals surface area contributed by atoms with Crippen molar-refractivity contribution in [1.29, 1.82) is 0 Å². The number of piperidine rings is 1. The lowest BCUT2D eigenvalue weighted by atomic mass is 10.00. The number of anilines is 1. The maximum atomic E-state index is 13.1. The first-order chi connectivity index (χ1) is 17.1. The summed E-state index contributed by atoms with van der Waals surface area (Å²) in [6.07, 6.45) is 3.73. The molecular formula is C27H32N4O4. The molecule has 2 aromatic carbocycles. The van der Waals surface area contributed by atoms with Crippen LogP contribution in [0.4, 0.5) is 5.69 Å². The van der Waals surface area contributed by atoms with Crippen LogP contribution < -0.4 is 10.5 Å². The van der Waals surface area contributed by atoms with Gasteiger partial charge in [0.25, 0.3) is 5.56 Å². The summed E-state index contributed by atoms with van der Waals surface area (Å²) in [6, 6.07) is 14.4. The lowest BCUT2D eigenvalue weighted by Crippen LogP contribution is -2.45. The van der Waals surface area contributed by atoms with Crippen molar-refractivity contribution in [2.24, 2.45) is 0 Å². The Hall–Kier alpha value is -2.78. The molecular weight excluding hydrogens is 444 g/mol. The third kappa shape index (κ3) is 4.59. The highest BCUT2D eigenvalue weighted by Crippen LogP contribution is 2.33. The standard InChI is InChI=1S/C27H32N4O4/c32-24(18-29-10-7-20-3-1-2-4-21(20)17-29)19-31-26(33)25-6-5-23(15-22(25)16-28-31)30-11-8-27(9-12-30)34-13-14-35-27/h1-6,15-16,24,32H,7-14,17-19H2/t24-/m1/s1. The van der Waals surface area contributed by atoms with Crippen molar-refractivity contribution in [3.8, 4) is 0 Å². The van der Waals surface area contributed by atoms with Crippen LogP contribution >= 0.6 is 0 Å². The van der Waals surface area contributed by atoms with E-state index in [-0.39, 0.29) is 12.1 Å². The fourth-order valence-corrected chi connectivity index (χ4v) is 5.66. The Morgan fingerprint density at radius 3 is 2.57 bits per heavy atom. The Kier molecular flexibility index (Phi) is 6.06. The van der Waals surface area contributed by atoms with Gasteiger partial charge in [0.15, 0.2) is 5.79 Å². The zero-order valence-corrected chi connectivity index (χ0v) is 19.9. The maximum Gasteiger partial charge on any atom is 0.274 e. The molecule has 3 aliphatic heterocycles. The molecule has 2 saturated heterocycles. The van der Waals surface area contributed by atoms with Crippen molar-refractivity contribution in [1.82, 2.24) is 14.7 Å². The van der Waals surface area contributed by atoms with E-state index in [0.29, 0.717) is 25.1 Å². The lowest BCUT2D eigenvalue weighted by Gasteiger charge is -2.38. The van der Waals surface area contributed by atoms with Gasteiger partial charge in [0.1, 0.15) is 0 Å². The quantitative estimate of drug-likeness (QED) is 0.605. The van der Waals surface area contributed by atoms with Crippen molar-refractivity contribution >= 4 is 16.5 Å². The number of benzene rings is 2. The molecule has 0 bridgehead atoms. The minimum Gasteiger partial charge on any atom is -0.390 e. The number of hydrogen-bond donors (Lipinski definition) is 1. The molecule has 1 N–H and O–H groups in total. The van der Waals surface area contributed by atoms with Gasteiger partial charge in [0.2, 0.25) is 0 Å². The van der Waals surface area contributed by atoms with Crippen LogP contribution in [0.15, 0.2) is 53.5 Å². The Balaban J connectivity index is 1.11. The summed E-state index contributed by atoms with van der Waals surface area (Å²) in [5.74, 6) is -0.402. The topological polar surface area (TPSA) is 80.1 Å². The minimum atomic E-state index is -0.664. The molecule has 0 aliphatic carbocycles. The van der Waals surface area contributed by atoms with E-state index in [1.165, 1.54) is 15.8 Å². The molecule has 8 heteroatoms. The smallest absolute Gasteiger partial charge is 0.274 e. The SMILES string of the molecule is O=c1c2ccc(N3CCC4(CC3)OCCO4)cc2cnn1C[C@H](O)CN1CCc2ccccc2C1. The summed E-state index contributed by atoms with van der Waals surface area (Å²) >= 11 is 0. The number of ether oxygens (including phenoxy) is 2. The van der Waals surface area contributed by atoms with Crippen molar-refractivity contribution in [3.05, 3.63) is 70.1 Å². The zero-order valence-electron chi connectivity index (χ0n) is 19.9. The van der Waals surface area contributed by atoms with Gasteiger partial charge >= 0.3 is 0 Å². The Morgan fingerprint density at radius 2 is 1.77 bits per heavy atom. The van der Waals surface area contributed by atoms with E-state index in [9.17, 15) is 9.90 Å². The van der Waals surface area contributed by atoms with E-state index in [4.69, 9.17) is 9.47 Å². The van der Waals surface area contributed by atoms with E-state index in [1.807, 2.05) is 18.2 Å². The van der Waals surface area contributed by atoms with Crippen LogP contribution in [0, 0.1) is 0 Å². The number of aliphatic hydroxyl groups excluding tert-OH is 1. The second-order valence-corrected chi connectivity index (χ2v) is 9.91. The fraction of sp³-hybridized carbons (Fsp3) is 0.481. The molecule has 0 amide bonds. The molecule has 3 aromatic rings. The van der Waals surface area contributed by atoms with Gasteiger partial charge in [-0.25, -0.2) is 4.68 Å². The van der Waals surface area contributed by atoms with Crippen molar-refractivity contribution in [3.63, 3.8) is 0 Å². The van der Waals surface area contributed by atoms with Crippen LogP contribution in [0.1, 0.15) is 24.0 Å². The van der Waals surface area contributed by atoms with Crippen LogP contribution in [0.25, 0.3) is 10.8 Å². The second kappa shape index (κ2) is 9.35. The van der Waals surface area contributed by atoms with Gasteiger partial charge in [-0.1, -0.05) is 24.3 Å². The van der Waals surface area contributed by atoms with E-state index < -0.39 is 11.9 Å². The molecule has 0 radical (unpaired) electrons. The molecule has 4 heterocycles. The zero-order chi connectivity index (χ0) is 23.8. The maximum absolute atomic E-state index is 13.1. The minimum absolute atomic E-state index is 0.164. The molecule has 1 aromatic heterocycles. The van der Waals surface area contributed by atoms with Crippen LogP contribution in [-0.4, -0.2) is 71.1 Å². The fourth-order valence-electron chi connectivity index (χ4n) is 5.66. The first-order valence-corrected chi connectivity index (χ1v) is 12.6. The molecule has 184 valence electrons. The summed E-state index contributed by atoms with van der Waals surface area (Å²) in [4.78, 5) is 17.7. The summed E-state index contributed by atoms with van der Waals surface area (Å²) in [6.45, 7) is 5.49. The predicted molar refractivity (Wildman–Crippen MR) is 134 cm³/mol. The normalized spacial score (nSPS) is 20.9. The summed E-state index contributed by atoms with van der Waals surface area (Å²) < 4.78 is 13.1. The average Bonchev–Trinajstić information content (AvgIpc) is 3.33. The van der Waals surface area contributed by atoms with Crippen LogP contribution in [-0.2, 0) is 29.0 Å². The summed E-state index contributed by atoms with van der Waals surface area (Å²) in [5.41, 5.74) is 3.61. The molecule has 6 rings (SSSR count). The van der Waals surface area contributed by atoms with Crippen LogP contribution in [0.2, 0.25) is 0 Å². The molecule has 8 nitrogen and oxygen atoms in total. The third-order valence-corrected chi connectivity index (χ3v) is 7.60. The lowest BCUT2D eigenvalue weighted by molar-refractivity contribution is -0.169. The van der Waals surface area contributed by atoms with Gasteiger partial charge in [-0.05, 0) is 35.7 Å². The Morgan fingerprint density at radius 1 is 1.00 bits per heavy atom. The van der Waals surface area contributed by atoms with Crippen molar-refractivity contribution < 1.29 is 14.6 Å². The molecule has 3 aliphatic rings. The second-order valence-electron chi connectivity index (χ2n) is 9.91. The Labute approximate surface area is 204 Å². The van der Waals surface area contributed by atoms with Gasteiger partial charge in [-0.2, -0.15) is 5.10 Å². The van der Waals surface area contributed by atoms with Gasteiger partial charge in [-0.3, -0.25) is 9.69 Å². The van der Waals surface area contributed by atoms with Gasteiger partial charge < -0.3 is 19.5 Å². The number of rotatable bonds is 5. The first kappa shape index (κ1) is 22.7. The van der Waals surface area contributed by atoms with E-state index >= 15 is 0 Å². The van der Waals surface area contributed by atoms with Gasteiger partial charge in [0, 0.05) is 56.6 Å². The van der Waals surface area contributed by atoms with Crippen molar-refractivity contribution in [2.45, 2.75) is 44.2 Å². The van der Waals surface area contributed by atoms with Gasteiger partial charge in [-0.15, -0.1) is 0 Å². The van der Waals surface area contributed by atoms with Gasteiger partial charge in [0.05, 0.1) is 37.4 Å². The molecule has 0 unspecified atom stereocenters. The highest BCUT2D eigenvalue weighted by molar-refractivity contribution is 5.84. The molecule has 2 fully saturated rings. The van der Waals surface area contributed by atoms with E-state index in [1.54, 1.807) is 6.20 Å². The number of β-amino-alcohol motifs (C(OH)–C–C–N with tert-alkyl or cyclic N) is 1. The Bertz CT molecular complexity index is 1260. The molecule has 1 atom stereocenters. The first-order valence-electron chi connectivity index (χ1n) is 12.6. The monoisotopic (exact) mass is 476 g/mol. The molecule has 35 heavy (non-hydrogen) atoms. The highest BCUT2D eigenvalue weighted by atomic mass is 16.7. The largest absolute Gasteiger partial charge is 0.390 e. The van der Waals surface area contributed by atoms with E-state index in [0.717, 1.165) is 56.5 Å². The van der Waals surface area contributed by atoms with Crippen molar-refractivity contribution in [2.75, 3.05) is 44.3 Å². The number of nitrogens with zero attached hydrogens (tertiary/aromatic N) is 4. The number of aliphatic hydroxyl groups is 1. The highest BCUT2D eigenvalue weighted by Gasteiger charge is 2.39. The number of fused-ring (bicyclic) bond motifs is 2. The van der Waals surface area contributed by atoms with E-state index in [2.05, 4.69) is 39.2 Å². The summed E-state index contributed by atoms with van der Waals surface area (Å²) in [7, 11) is 0. The third-order valence-electron chi connectivity index (χ3n) is 7.60. The predicted octanol–water partition coefficient (Wildman–Crippen LogP) is 2.16. The van der Waals surface area contributed by atoms with Crippen LogP contribution in [0.5, 0.6) is 0 Å². The molecule has 1 spiro atoms.